The van der Waals surface area contributed by atoms with E-state index in [0.29, 0.717) is 11.3 Å². The van der Waals surface area contributed by atoms with E-state index in [1.165, 1.54) is 0 Å². The summed E-state index contributed by atoms with van der Waals surface area (Å²) in [6.07, 6.45) is 1.99. The molecular formula is C22H25N3O4. The Kier molecular flexibility index (Phi) is 5.15. The number of hydrogen-bond donors (Lipinski definition) is 1. The van der Waals surface area contributed by atoms with Crippen molar-refractivity contribution >= 4 is 28.4 Å². The molecule has 1 aliphatic rings. The highest BCUT2D eigenvalue weighted by molar-refractivity contribution is 6.06. The van der Waals surface area contributed by atoms with Crippen LogP contribution in [0.2, 0.25) is 0 Å². The fraction of sp³-hybridized carbons (Fsp3) is 0.364. The molecule has 2 atom stereocenters. The quantitative estimate of drug-likeness (QED) is 0.719. The van der Waals surface area contributed by atoms with Gasteiger partial charge in [-0.05, 0) is 51.1 Å². The monoisotopic (exact) mass is 395 g/mol. The van der Waals surface area contributed by atoms with Crippen LogP contribution >= 0.6 is 0 Å². The highest BCUT2D eigenvalue weighted by Gasteiger charge is 2.23. The zero-order valence-corrected chi connectivity index (χ0v) is 17.1. The van der Waals surface area contributed by atoms with Crippen LogP contribution in [0.4, 0.5) is 11.5 Å². The van der Waals surface area contributed by atoms with Crippen molar-refractivity contribution in [1.82, 2.24) is 4.98 Å². The van der Waals surface area contributed by atoms with Gasteiger partial charge in [-0.25, -0.2) is 4.98 Å². The van der Waals surface area contributed by atoms with E-state index in [4.69, 9.17) is 13.9 Å². The Morgan fingerprint density at radius 2 is 1.97 bits per heavy atom. The van der Waals surface area contributed by atoms with E-state index in [0.717, 1.165) is 35.6 Å². The van der Waals surface area contributed by atoms with Crippen LogP contribution in [0.5, 0.6) is 5.75 Å². The summed E-state index contributed by atoms with van der Waals surface area (Å²) in [5.74, 6) is 1.57. The minimum atomic E-state index is -0.305. The van der Waals surface area contributed by atoms with Crippen LogP contribution in [0.3, 0.4) is 0 Å². The third kappa shape index (κ3) is 3.91. The number of pyridine rings is 1. The molecule has 7 nitrogen and oxygen atoms in total. The van der Waals surface area contributed by atoms with Gasteiger partial charge in [0.1, 0.15) is 17.2 Å². The first-order valence-corrected chi connectivity index (χ1v) is 9.69. The molecule has 0 bridgehead atoms. The summed E-state index contributed by atoms with van der Waals surface area (Å²) in [7, 11) is 1.61. The second-order valence-electron chi connectivity index (χ2n) is 7.44. The Bertz CT molecular complexity index is 1020. The molecule has 1 aliphatic heterocycles. The van der Waals surface area contributed by atoms with E-state index < -0.39 is 0 Å². The summed E-state index contributed by atoms with van der Waals surface area (Å²) in [6.45, 7) is 7.57. The number of morpholine rings is 1. The molecule has 152 valence electrons. The van der Waals surface area contributed by atoms with E-state index in [1.54, 1.807) is 19.4 Å². The average Bonchev–Trinajstić information content (AvgIpc) is 3.04. The molecule has 4 rings (SSSR count). The molecule has 0 aliphatic carbocycles. The number of nitrogens with zero attached hydrogens (tertiary/aromatic N) is 2. The lowest BCUT2D eigenvalue weighted by atomic mass is 10.1. The number of anilines is 2. The van der Waals surface area contributed by atoms with E-state index in [1.807, 2.05) is 31.2 Å². The summed E-state index contributed by atoms with van der Waals surface area (Å²) in [5.41, 5.74) is 2.04. The van der Waals surface area contributed by atoms with Gasteiger partial charge in [-0.2, -0.15) is 0 Å². The van der Waals surface area contributed by atoms with Gasteiger partial charge in [0.2, 0.25) is 0 Å². The lowest BCUT2D eigenvalue weighted by Gasteiger charge is -2.36. The maximum absolute atomic E-state index is 12.7. The molecule has 0 spiro atoms. The number of carbonyl (C=O) groups is 1. The summed E-state index contributed by atoms with van der Waals surface area (Å²) in [4.78, 5) is 19.5. The molecule has 3 heterocycles. The molecular weight excluding hydrogens is 370 g/mol. The average molecular weight is 395 g/mol. The lowest BCUT2D eigenvalue weighted by Crippen LogP contribution is -2.45. The highest BCUT2D eigenvalue weighted by atomic mass is 16.5. The molecule has 1 N–H and O–H groups in total. The molecule has 1 aromatic carbocycles. The number of ether oxygens (including phenoxy) is 2. The Morgan fingerprint density at radius 1 is 1.21 bits per heavy atom. The van der Waals surface area contributed by atoms with Gasteiger partial charge in [-0.1, -0.05) is 0 Å². The Hall–Kier alpha value is -3.06. The van der Waals surface area contributed by atoms with Gasteiger partial charge in [0.05, 0.1) is 31.2 Å². The maximum Gasteiger partial charge on any atom is 0.291 e. The van der Waals surface area contributed by atoms with E-state index in [2.05, 4.69) is 29.0 Å². The number of furan rings is 1. The Morgan fingerprint density at radius 3 is 2.62 bits per heavy atom. The first kappa shape index (κ1) is 19.3. The van der Waals surface area contributed by atoms with Crippen molar-refractivity contribution in [1.29, 1.82) is 0 Å². The number of hydrogen-bond acceptors (Lipinski definition) is 6. The fourth-order valence-corrected chi connectivity index (χ4v) is 3.74. The normalized spacial score (nSPS) is 19.4. The SMILES string of the molecule is COc1ccc2oc(C(=O)Nc3ccc(N4CC(C)OC(C)C4)nc3)c(C)c2c1. The standard InChI is InChI=1S/C22H25N3O4/c1-13-11-25(12-14(2)28-13)20-8-5-16(10-23-20)24-22(26)21-15(3)18-9-17(27-4)6-7-19(18)29-21/h5-10,13-14H,11-12H2,1-4H3,(H,24,26). The number of methoxy groups -OCH3 is 1. The zero-order valence-electron chi connectivity index (χ0n) is 17.1. The van der Waals surface area contributed by atoms with E-state index >= 15 is 0 Å². The molecule has 2 aromatic heterocycles. The van der Waals surface area contributed by atoms with Crippen molar-refractivity contribution in [2.75, 3.05) is 30.4 Å². The topological polar surface area (TPSA) is 76.8 Å². The molecule has 2 unspecified atom stereocenters. The van der Waals surface area contributed by atoms with Gasteiger partial charge in [0, 0.05) is 24.0 Å². The number of fused-ring (bicyclic) bond motifs is 1. The number of benzene rings is 1. The van der Waals surface area contributed by atoms with Gasteiger partial charge < -0.3 is 24.1 Å². The minimum Gasteiger partial charge on any atom is -0.497 e. The number of amides is 1. The summed E-state index contributed by atoms with van der Waals surface area (Å²) in [5, 5.41) is 3.73. The van der Waals surface area contributed by atoms with E-state index in [-0.39, 0.29) is 23.9 Å². The molecule has 1 saturated heterocycles. The van der Waals surface area contributed by atoms with Crippen LogP contribution in [0, 0.1) is 6.92 Å². The van der Waals surface area contributed by atoms with Crippen LogP contribution in [0.15, 0.2) is 40.9 Å². The van der Waals surface area contributed by atoms with Crippen LogP contribution in [-0.2, 0) is 4.74 Å². The van der Waals surface area contributed by atoms with Gasteiger partial charge in [0.15, 0.2) is 5.76 Å². The second-order valence-corrected chi connectivity index (χ2v) is 7.44. The van der Waals surface area contributed by atoms with Crippen LogP contribution in [0.1, 0.15) is 30.0 Å². The molecule has 0 saturated carbocycles. The third-order valence-corrected chi connectivity index (χ3v) is 5.10. The molecule has 1 amide bonds. The largest absolute Gasteiger partial charge is 0.497 e. The van der Waals surface area contributed by atoms with Gasteiger partial charge in [0.25, 0.3) is 5.91 Å². The smallest absolute Gasteiger partial charge is 0.291 e. The van der Waals surface area contributed by atoms with E-state index in [9.17, 15) is 4.79 Å². The predicted molar refractivity (Wildman–Crippen MR) is 112 cm³/mol. The molecule has 3 aromatic rings. The van der Waals surface area contributed by atoms with Crippen molar-refractivity contribution in [2.45, 2.75) is 33.0 Å². The van der Waals surface area contributed by atoms with Crippen molar-refractivity contribution in [3.63, 3.8) is 0 Å². The molecule has 1 fully saturated rings. The van der Waals surface area contributed by atoms with Crippen LogP contribution < -0.4 is 15.0 Å². The Balaban J connectivity index is 1.50. The number of rotatable bonds is 4. The van der Waals surface area contributed by atoms with Crippen molar-refractivity contribution in [3.05, 3.63) is 47.9 Å². The van der Waals surface area contributed by atoms with Crippen molar-refractivity contribution in [3.8, 4) is 5.75 Å². The molecule has 29 heavy (non-hydrogen) atoms. The highest BCUT2D eigenvalue weighted by Crippen LogP contribution is 2.29. The van der Waals surface area contributed by atoms with Gasteiger partial charge in [-0.3, -0.25) is 4.79 Å². The Labute approximate surface area is 169 Å². The first-order valence-electron chi connectivity index (χ1n) is 9.69. The van der Waals surface area contributed by atoms with Gasteiger partial charge in [-0.15, -0.1) is 0 Å². The summed E-state index contributed by atoms with van der Waals surface area (Å²) < 4.78 is 16.8. The third-order valence-electron chi connectivity index (χ3n) is 5.10. The fourth-order valence-electron chi connectivity index (χ4n) is 3.74. The van der Waals surface area contributed by atoms with Crippen molar-refractivity contribution in [2.24, 2.45) is 0 Å². The summed E-state index contributed by atoms with van der Waals surface area (Å²) >= 11 is 0. The van der Waals surface area contributed by atoms with Crippen molar-refractivity contribution < 1.29 is 18.7 Å². The number of carbonyl (C=O) groups excluding carboxylic acids is 1. The van der Waals surface area contributed by atoms with Crippen LogP contribution in [-0.4, -0.2) is 43.3 Å². The van der Waals surface area contributed by atoms with Crippen LogP contribution in [0.25, 0.3) is 11.0 Å². The number of aromatic nitrogens is 1. The second kappa shape index (κ2) is 7.75. The van der Waals surface area contributed by atoms with Gasteiger partial charge >= 0.3 is 0 Å². The maximum atomic E-state index is 12.7. The summed E-state index contributed by atoms with van der Waals surface area (Å²) in [6, 6.07) is 9.25. The predicted octanol–water partition coefficient (Wildman–Crippen LogP) is 4.01. The molecule has 7 heteroatoms. The lowest BCUT2D eigenvalue weighted by molar-refractivity contribution is -0.00545. The first-order chi connectivity index (χ1) is 13.9. The molecule has 0 radical (unpaired) electrons. The number of aryl methyl sites for hydroxylation is 1. The minimum absolute atomic E-state index is 0.162. The zero-order chi connectivity index (χ0) is 20.5. The number of nitrogens with one attached hydrogen (secondary N) is 1.